The maximum Gasteiger partial charge on any atom is 0.133 e. The summed E-state index contributed by atoms with van der Waals surface area (Å²) in [4.78, 5) is 0. The molecule has 0 heterocycles. The maximum atomic E-state index is 13.8. The van der Waals surface area contributed by atoms with E-state index in [0.29, 0.717) is 16.9 Å². The summed E-state index contributed by atoms with van der Waals surface area (Å²) in [6.45, 7) is 1.59. The lowest BCUT2D eigenvalue weighted by molar-refractivity contribution is 0.214. The first-order valence-electron chi connectivity index (χ1n) is 5.80. The zero-order chi connectivity index (χ0) is 14.0. The molecule has 0 saturated heterocycles. The van der Waals surface area contributed by atoms with Crippen LogP contribution in [-0.4, -0.2) is 12.2 Å². The first-order chi connectivity index (χ1) is 9.02. The number of rotatable bonds is 3. The van der Waals surface area contributed by atoms with Crippen molar-refractivity contribution in [1.82, 2.24) is 0 Å². The third-order valence-corrected chi connectivity index (χ3v) is 3.00. The van der Waals surface area contributed by atoms with Crippen LogP contribution >= 0.6 is 0 Å². The van der Waals surface area contributed by atoms with Crippen molar-refractivity contribution in [1.29, 1.82) is 0 Å². The highest BCUT2D eigenvalue weighted by molar-refractivity contribution is 5.36. The Kier molecular flexibility index (Phi) is 3.81. The average Bonchev–Trinajstić information content (AvgIpc) is 2.41. The minimum Gasteiger partial charge on any atom is -0.497 e. The van der Waals surface area contributed by atoms with E-state index in [-0.39, 0.29) is 11.4 Å². The van der Waals surface area contributed by atoms with E-state index < -0.39 is 11.9 Å². The smallest absolute Gasteiger partial charge is 0.133 e. The van der Waals surface area contributed by atoms with Gasteiger partial charge in [-0.1, -0.05) is 12.1 Å². The van der Waals surface area contributed by atoms with Crippen LogP contribution in [0.25, 0.3) is 0 Å². The minimum atomic E-state index is -1.13. The fourth-order valence-electron chi connectivity index (χ4n) is 1.87. The summed E-state index contributed by atoms with van der Waals surface area (Å²) in [5.41, 5.74) is 0.986. The van der Waals surface area contributed by atoms with Crippen molar-refractivity contribution in [3.63, 3.8) is 0 Å². The molecule has 0 fully saturated rings. The van der Waals surface area contributed by atoms with Crippen LogP contribution in [0.3, 0.4) is 0 Å². The predicted octanol–water partition coefficient (Wildman–Crippen LogP) is 3.36. The molecule has 2 aromatic carbocycles. The van der Waals surface area contributed by atoms with Crippen LogP contribution in [0.1, 0.15) is 22.8 Å². The summed E-state index contributed by atoms with van der Waals surface area (Å²) in [6.07, 6.45) is -1.13. The lowest BCUT2D eigenvalue weighted by atomic mass is 9.99. The zero-order valence-corrected chi connectivity index (χ0v) is 10.7. The average molecular weight is 264 g/mol. The third-order valence-electron chi connectivity index (χ3n) is 3.00. The number of hydrogen-bond acceptors (Lipinski definition) is 2. The van der Waals surface area contributed by atoms with E-state index in [1.54, 1.807) is 13.0 Å². The van der Waals surface area contributed by atoms with Crippen molar-refractivity contribution in [3.8, 4) is 5.75 Å². The lowest BCUT2D eigenvalue weighted by Gasteiger charge is -2.14. The van der Waals surface area contributed by atoms with Gasteiger partial charge in [-0.15, -0.1) is 0 Å². The monoisotopic (exact) mass is 264 g/mol. The highest BCUT2D eigenvalue weighted by Gasteiger charge is 2.16. The van der Waals surface area contributed by atoms with Crippen LogP contribution in [0.4, 0.5) is 8.78 Å². The zero-order valence-electron chi connectivity index (χ0n) is 10.7. The highest BCUT2D eigenvalue weighted by Crippen LogP contribution is 2.27. The first kappa shape index (κ1) is 13.5. The number of aliphatic hydroxyl groups excluding tert-OH is 1. The van der Waals surface area contributed by atoms with Gasteiger partial charge in [-0.2, -0.15) is 0 Å². The number of benzene rings is 2. The van der Waals surface area contributed by atoms with E-state index >= 15 is 0 Å². The molecule has 0 radical (unpaired) electrons. The third kappa shape index (κ3) is 2.74. The number of hydrogen-bond donors (Lipinski definition) is 1. The summed E-state index contributed by atoms with van der Waals surface area (Å²) in [5, 5.41) is 10.1. The van der Waals surface area contributed by atoms with Gasteiger partial charge in [0.25, 0.3) is 0 Å². The quantitative estimate of drug-likeness (QED) is 0.921. The fourth-order valence-corrected chi connectivity index (χ4v) is 1.87. The van der Waals surface area contributed by atoms with E-state index in [2.05, 4.69) is 0 Å². The van der Waals surface area contributed by atoms with Gasteiger partial charge in [-0.25, -0.2) is 8.78 Å². The van der Waals surface area contributed by atoms with Crippen molar-refractivity contribution >= 4 is 0 Å². The Labute approximate surface area is 110 Å². The summed E-state index contributed by atoms with van der Waals surface area (Å²) in [5.74, 6) is -0.538. The molecular weight excluding hydrogens is 250 g/mol. The van der Waals surface area contributed by atoms with Crippen LogP contribution in [0.5, 0.6) is 5.75 Å². The molecule has 4 heteroatoms. The van der Waals surface area contributed by atoms with Crippen LogP contribution in [0.2, 0.25) is 0 Å². The van der Waals surface area contributed by atoms with Gasteiger partial charge in [0.2, 0.25) is 0 Å². The maximum absolute atomic E-state index is 13.8. The molecule has 0 bridgehead atoms. The van der Waals surface area contributed by atoms with E-state index in [1.165, 1.54) is 37.4 Å². The van der Waals surface area contributed by atoms with Crippen molar-refractivity contribution in [2.45, 2.75) is 13.0 Å². The number of halogens is 2. The molecule has 0 aliphatic carbocycles. The van der Waals surface area contributed by atoms with E-state index in [4.69, 9.17) is 4.74 Å². The summed E-state index contributed by atoms with van der Waals surface area (Å²) in [7, 11) is 1.44. The lowest BCUT2D eigenvalue weighted by Crippen LogP contribution is -2.03. The number of aliphatic hydroxyl groups is 1. The molecule has 2 aromatic rings. The first-order valence-corrected chi connectivity index (χ1v) is 5.80. The van der Waals surface area contributed by atoms with Gasteiger partial charge in [0, 0.05) is 11.6 Å². The molecule has 100 valence electrons. The van der Waals surface area contributed by atoms with Crippen molar-refractivity contribution in [2.24, 2.45) is 0 Å². The largest absolute Gasteiger partial charge is 0.497 e. The second-order valence-corrected chi connectivity index (χ2v) is 4.30. The Morgan fingerprint density at radius 1 is 1.05 bits per heavy atom. The predicted molar refractivity (Wildman–Crippen MR) is 68.2 cm³/mol. The van der Waals surface area contributed by atoms with E-state index in [1.807, 2.05) is 0 Å². The molecule has 0 aliphatic heterocycles. The molecule has 0 saturated carbocycles. The Bertz CT molecular complexity index is 597. The van der Waals surface area contributed by atoms with Crippen LogP contribution < -0.4 is 4.74 Å². The standard InChI is InChI=1S/C15H14F2O2/c1-9-7-10(3-6-13(9)16)15(18)12-5-4-11(19-2)8-14(12)17/h3-8,15,18H,1-2H3. The van der Waals surface area contributed by atoms with Crippen molar-refractivity contribution < 1.29 is 18.6 Å². The van der Waals surface area contributed by atoms with Gasteiger partial charge in [-0.05, 0) is 36.2 Å². The van der Waals surface area contributed by atoms with Crippen LogP contribution in [0, 0.1) is 18.6 Å². The second kappa shape index (κ2) is 5.36. The van der Waals surface area contributed by atoms with Crippen LogP contribution in [-0.2, 0) is 0 Å². The molecule has 1 N–H and O–H groups in total. The summed E-state index contributed by atoms with van der Waals surface area (Å²) >= 11 is 0. The molecule has 1 unspecified atom stereocenters. The Hall–Kier alpha value is -1.94. The molecule has 2 rings (SSSR count). The topological polar surface area (TPSA) is 29.5 Å². The van der Waals surface area contributed by atoms with Gasteiger partial charge < -0.3 is 9.84 Å². The molecule has 0 aliphatic rings. The van der Waals surface area contributed by atoms with Gasteiger partial charge in [0.15, 0.2) is 0 Å². The van der Waals surface area contributed by atoms with Crippen LogP contribution in [0.15, 0.2) is 36.4 Å². The Morgan fingerprint density at radius 3 is 2.37 bits per heavy atom. The summed E-state index contributed by atoms with van der Waals surface area (Å²) < 4.78 is 31.9. The second-order valence-electron chi connectivity index (χ2n) is 4.30. The van der Waals surface area contributed by atoms with Gasteiger partial charge >= 0.3 is 0 Å². The summed E-state index contributed by atoms with van der Waals surface area (Å²) in [6, 6.07) is 8.43. The SMILES string of the molecule is COc1ccc(C(O)c2ccc(F)c(C)c2)c(F)c1. The molecule has 1 atom stereocenters. The van der Waals surface area contributed by atoms with Crippen molar-refractivity contribution in [2.75, 3.05) is 7.11 Å². The number of aryl methyl sites for hydroxylation is 1. The Balaban J connectivity index is 2.38. The van der Waals surface area contributed by atoms with Gasteiger partial charge in [-0.3, -0.25) is 0 Å². The van der Waals surface area contributed by atoms with Gasteiger partial charge in [0.05, 0.1) is 7.11 Å². The fraction of sp³-hybridized carbons (Fsp3) is 0.200. The molecular formula is C15H14F2O2. The minimum absolute atomic E-state index is 0.131. The van der Waals surface area contributed by atoms with Crippen molar-refractivity contribution in [3.05, 3.63) is 64.7 Å². The Morgan fingerprint density at radius 2 is 1.79 bits per heavy atom. The van der Waals surface area contributed by atoms with E-state index in [0.717, 1.165) is 0 Å². The molecule has 0 amide bonds. The molecule has 0 aromatic heterocycles. The highest BCUT2D eigenvalue weighted by atomic mass is 19.1. The molecule has 0 spiro atoms. The van der Waals surface area contributed by atoms with E-state index in [9.17, 15) is 13.9 Å². The molecule has 2 nitrogen and oxygen atoms in total. The normalized spacial score (nSPS) is 12.3. The van der Waals surface area contributed by atoms with Gasteiger partial charge in [0.1, 0.15) is 23.5 Å². The molecule has 19 heavy (non-hydrogen) atoms. The number of methoxy groups -OCH3 is 1. The number of ether oxygens (including phenoxy) is 1.